The van der Waals surface area contributed by atoms with Crippen molar-refractivity contribution < 1.29 is 18.9 Å². The number of hydrogen-bond acceptors (Lipinski definition) is 4. The maximum absolute atomic E-state index is 12.5. The largest absolute Gasteiger partial charge is 0.390 e. The van der Waals surface area contributed by atoms with Gasteiger partial charge in [-0.3, -0.25) is 13.8 Å². The zero-order valence-electron chi connectivity index (χ0n) is 11.6. The molecule has 0 radical (unpaired) electrons. The van der Waals surface area contributed by atoms with Crippen LogP contribution in [-0.4, -0.2) is 49.2 Å². The highest BCUT2D eigenvalue weighted by Gasteiger charge is 2.76. The van der Waals surface area contributed by atoms with Gasteiger partial charge in [0.05, 0.1) is 18.1 Å². The first-order valence-electron chi connectivity index (χ1n) is 7.01. The monoisotopic (exact) mass is 297 g/mol. The number of aliphatic hydroxyl groups excluding tert-OH is 1. The molecule has 20 heavy (non-hydrogen) atoms. The Morgan fingerprint density at radius 3 is 2.80 bits per heavy atom. The molecule has 6 atom stereocenters. The number of rotatable bonds is 2. The molecule has 1 N–H and O–H groups in total. The average Bonchev–Trinajstić information content (AvgIpc) is 2.66. The number of likely N-dealkylation sites (tertiary alicyclic amines) is 1. The zero-order chi connectivity index (χ0) is 14.7. The number of amides is 1. The van der Waals surface area contributed by atoms with Gasteiger partial charge in [0, 0.05) is 13.0 Å². The first kappa shape index (κ1) is 13.9. The quantitative estimate of drug-likeness (QED) is 0.584. The molecule has 3 aliphatic rings. The Morgan fingerprint density at radius 2 is 2.20 bits per heavy atom. The summed E-state index contributed by atoms with van der Waals surface area (Å²) in [4.78, 5) is 25.9. The molecule has 3 unspecified atom stereocenters. The van der Waals surface area contributed by atoms with Crippen molar-refractivity contribution in [2.45, 2.75) is 43.1 Å². The van der Waals surface area contributed by atoms with Crippen LogP contribution in [0.3, 0.4) is 0 Å². The molecule has 5 nitrogen and oxygen atoms in total. The average molecular weight is 297 g/mol. The van der Waals surface area contributed by atoms with Crippen molar-refractivity contribution in [3.63, 3.8) is 0 Å². The van der Waals surface area contributed by atoms with Gasteiger partial charge in [0.1, 0.15) is 10.8 Å². The second-order valence-electron chi connectivity index (χ2n) is 6.00. The third-order valence-corrected chi connectivity index (χ3v) is 6.99. The van der Waals surface area contributed by atoms with Crippen molar-refractivity contribution in [2.75, 3.05) is 7.05 Å². The van der Waals surface area contributed by atoms with Crippen LogP contribution in [0.5, 0.6) is 0 Å². The Morgan fingerprint density at radius 1 is 1.50 bits per heavy atom. The lowest BCUT2D eigenvalue weighted by atomic mass is 9.71. The molecule has 0 aromatic carbocycles. The molecule has 3 rings (SSSR count). The fraction of sp³-hybridized carbons (Fsp3) is 0.714. The lowest BCUT2D eigenvalue weighted by Crippen LogP contribution is -2.77. The van der Waals surface area contributed by atoms with Crippen LogP contribution in [0, 0.1) is 11.8 Å². The first-order chi connectivity index (χ1) is 9.44. The van der Waals surface area contributed by atoms with Gasteiger partial charge < -0.3 is 10.0 Å². The van der Waals surface area contributed by atoms with Crippen LogP contribution in [0.15, 0.2) is 12.2 Å². The van der Waals surface area contributed by atoms with Gasteiger partial charge in [-0.05, 0) is 19.3 Å². The smallest absolute Gasteiger partial charge is 0.246 e. The summed E-state index contributed by atoms with van der Waals surface area (Å²) < 4.78 is 11.1. The summed E-state index contributed by atoms with van der Waals surface area (Å²) >= 11 is 0. The Labute approximate surface area is 120 Å². The number of carbonyl (C=O) groups excluding carboxylic acids is 2. The van der Waals surface area contributed by atoms with Crippen LogP contribution in [-0.2, 0) is 20.4 Å². The van der Waals surface area contributed by atoms with Gasteiger partial charge in [0.15, 0.2) is 4.75 Å². The third-order valence-electron chi connectivity index (χ3n) is 4.98. The number of nitrogens with zero attached hydrogens (tertiary/aromatic N) is 1. The van der Waals surface area contributed by atoms with Crippen LogP contribution in [0.1, 0.15) is 26.2 Å². The minimum absolute atomic E-state index is 0.189. The fourth-order valence-electron chi connectivity index (χ4n) is 3.94. The van der Waals surface area contributed by atoms with Gasteiger partial charge in [-0.25, -0.2) is 0 Å². The van der Waals surface area contributed by atoms with Crippen molar-refractivity contribution in [3.8, 4) is 0 Å². The lowest BCUT2D eigenvalue weighted by molar-refractivity contribution is -0.160. The number of carbonyl (C=O) groups is 2. The van der Waals surface area contributed by atoms with E-state index in [1.165, 1.54) is 4.90 Å². The number of allylic oxidation sites excluding steroid dienone is 1. The summed E-state index contributed by atoms with van der Waals surface area (Å²) in [6.45, 7) is 1.69. The molecule has 110 valence electrons. The highest BCUT2D eigenvalue weighted by atomic mass is 32.2. The van der Waals surface area contributed by atoms with E-state index in [9.17, 15) is 18.9 Å². The SMILES string of the molecule is CC1C(=O)S(=O)[C@@]2([C@@H](O)C3C=CCCC3)C(=O)N(C)[C@@H]12. The Kier molecular flexibility index (Phi) is 3.14. The zero-order valence-corrected chi connectivity index (χ0v) is 12.4. The number of β-lactam (4-membered cyclic amide) rings is 1. The van der Waals surface area contributed by atoms with Crippen molar-refractivity contribution in [3.05, 3.63) is 12.2 Å². The van der Waals surface area contributed by atoms with Gasteiger partial charge in [0.2, 0.25) is 11.0 Å². The molecule has 0 saturated carbocycles. The van der Waals surface area contributed by atoms with E-state index in [4.69, 9.17) is 0 Å². The fourth-order valence-corrected chi connectivity index (χ4v) is 6.02. The van der Waals surface area contributed by atoms with E-state index in [2.05, 4.69) is 0 Å². The molecule has 0 aromatic heterocycles. The minimum atomic E-state index is -1.94. The third kappa shape index (κ3) is 1.44. The second-order valence-corrected chi connectivity index (χ2v) is 7.61. The second kappa shape index (κ2) is 4.49. The van der Waals surface area contributed by atoms with Gasteiger partial charge in [-0.1, -0.05) is 19.1 Å². The topological polar surface area (TPSA) is 74.7 Å². The van der Waals surface area contributed by atoms with E-state index in [-0.39, 0.29) is 11.8 Å². The summed E-state index contributed by atoms with van der Waals surface area (Å²) in [7, 11) is -0.329. The lowest BCUT2D eigenvalue weighted by Gasteiger charge is -2.53. The van der Waals surface area contributed by atoms with Crippen molar-refractivity contribution in [1.29, 1.82) is 0 Å². The molecule has 2 heterocycles. The van der Waals surface area contributed by atoms with Crippen LogP contribution >= 0.6 is 0 Å². The maximum atomic E-state index is 12.5. The van der Waals surface area contributed by atoms with Gasteiger partial charge in [-0.2, -0.15) is 0 Å². The summed E-state index contributed by atoms with van der Waals surface area (Å²) in [5, 5.41) is 10.3. The molecular formula is C14H19NO4S. The summed E-state index contributed by atoms with van der Waals surface area (Å²) in [5.74, 6) is -1.02. The molecule has 1 amide bonds. The van der Waals surface area contributed by atoms with Gasteiger partial charge in [0.25, 0.3) is 0 Å². The molecule has 1 aliphatic carbocycles. The molecule has 0 spiro atoms. The highest BCUT2D eigenvalue weighted by Crippen LogP contribution is 2.51. The maximum Gasteiger partial charge on any atom is 0.246 e. The highest BCUT2D eigenvalue weighted by molar-refractivity contribution is 8.03. The Balaban J connectivity index is 2.02. The molecule has 6 heteroatoms. The van der Waals surface area contributed by atoms with E-state index in [0.717, 1.165) is 19.3 Å². The van der Waals surface area contributed by atoms with E-state index < -0.39 is 38.7 Å². The minimum Gasteiger partial charge on any atom is -0.390 e. The summed E-state index contributed by atoms with van der Waals surface area (Å²) in [6.07, 6.45) is 5.52. The normalized spacial score (nSPS) is 45.2. The Bertz CT molecular complexity index is 531. The molecular weight excluding hydrogens is 278 g/mol. The number of hydrogen-bond donors (Lipinski definition) is 1. The molecule has 2 fully saturated rings. The van der Waals surface area contributed by atoms with Gasteiger partial charge in [-0.15, -0.1) is 0 Å². The van der Waals surface area contributed by atoms with E-state index in [0.29, 0.717) is 0 Å². The number of aliphatic hydroxyl groups is 1. The van der Waals surface area contributed by atoms with Crippen LogP contribution in [0.25, 0.3) is 0 Å². The van der Waals surface area contributed by atoms with E-state index in [1.54, 1.807) is 14.0 Å². The van der Waals surface area contributed by atoms with Gasteiger partial charge >= 0.3 is 0 Å². The molecule has 0 bridgehead atoms. The predicted octanol–water partition coefficient (Wildman–Crippen LogP) is 0.208. The summed E-state index contributed by atoms with van der Waals surface area (Å²) in [5.41, 5.74) is 0. The van der Waals surface area contributed by atoms with Crippen LogP contribution < -0.4 is 0 Å². The standard InChI is InChI=1S/C14H19NO4S/c1-8-10-14(13(18)15(10)2,20(19)12(8)17)11(16)9-6-4-3-5-7-9/h4,6,8-11,16H,3,5,7H2,1-2H3/t8?,9?,10-,11-,14-,20?/m0/s1. The molecule has 2 aliphatic heterocycles. The van der Waals surface area contributed by atoms with Crippen molar-refractivity contribution in [2.24, 2.45) is 11.8 Å². The van der Waals surface area contributed by atoms with E-state index in [1.807, 2.05) is 12.2 Å². The molecule has 0 aromatic rings. The van der Waals surface area contributed by atoms with Crippen molar-refractivity contribution in [1.82, 2.24) is 4.90 Å². The first-order valence-corrected chi connectivity index (χ1v) is 8.16. The van der Waals surface area contributed by atoms with E-state index >= 15 is 0 Å². The summed E-state index contributed by atoms with van der Waals surface area (Å²) in [6, 6.07) is -0.436. The Hall–Kier alpha value is -1.01. The van der Waals surface area contributed by atoms with Crippen LogP contribution in [0.4, 0.5) is 0 Å². The van der Waals surface area contributed by atoms with Crippen molar-refractivity contribution >= 4 is 21.8 Å². The molecule has 2 saturated heterocycles. The predicted molar refractivity (Wildman–Crippen MR) is 74.1 cm³/mol. The van der Waals surface area contributed by atoms with Crippen LogP contribution in [0.2, 0.25) is 0 Å². The number of fused-ring (bicyclic) bond motifs is 1.